The lowest BCUT2D eigenvalue weighted by Crippen LogP contribution is -2.49. The van der Waals surface area contributed by atoms with Gasteiger partial charge in [-0.25, -0.2) is 9.18 Å². The molecule has 0 aliphatic carbocycles. The molecule has 2 rings (SSSR count). The van der Waals surface area contributed by atoms with Crippen molar-refractivity contribution in [1.29, 1.82) is 0 Å². The number of fused-ring (bicyclic) bond motifs is 1. The fraction of sp³-hybridized carbons (Fsp3) is 0.526. The maximum absolute atomic E-state index is 14.2. The second-order valence-corrected chi connectivity index (χ2v) is 9.47. The summed E-state index contributed by atoms with van der Waals surface area (Å²) in [7, 11) is 1.50. The molecule has 1 heterocycles. The third-order valence-electron chi connectivity index (χ3n) is 4.25. The molecule has 2 aromatic rings. The van der Waals surface area contributed by atoms with E-state index in [9.17, 15) is 14.3 Å². The topological polar surface area (TPSA) is 67.8 Å². The van der Waals surface area contributed by atoms with Gasteiger partial charge < -0.3 is 14.5 Å². The lowest BCUT2D eigenvalue weighted by atomic mass is 9.81. The monoisotopic (exact) mass is 394 g/mol. The van der Waals surface area contributed by atoms with Crippen molar-refractivity contribution in [1.82, 2.24) is 0 Å². The number of benzene rings is 1. The number of hydrogen-bond acceptors (Lipinski definition) is 5. The first kappa shape index (κ1) is 21.7. The van der Waals surface area contributed by atoms with Gasteiger partial charge in [0.05, 0.1) is 20.9 Å². The smallest absolute Gasteiger partial charge is 0.412 e. The van der Waals surface area contributed by atoms with Gasteiger partial charge in [0.2, 0.25) is 0 Å². The van der Waals surface area contributed by atoms with E-state index >= 15 is 0 Å². The number of hydrogen-bond donors (Lipinski definition) is 2. The molecule has 147 valence electrons. The van der Waals surface area contributed by atoms with Crippen LogP contribution in [0.1, 0.15) is 48.5 Å². The highest BCUT2D eigenvalue weighted by molar-refractivity contribution is 7.23. The molecule has 0 saturated heterocycles. The van der Waals surface area contributed by atoms with E-state index in [0.717, 1.165) is 11.3 Å². The summed E-state index contributed by atoms with van der Waals surface area (Å²) < 4.78 is 25.6. The molecule has 0 unspecified atom stereocenters. The van der Waals surface area contributed by atoms with Crippen molar-refractivity contribution < 1.29 is 23.7 Å². The van der Waals surface area contributed by atoms with Gasteiger partial charge in [-0.3, -0.25) is 5.32 Å². The van der Waals surface area contributed by atoms with Crippen LogP contribution >= 0.6 is 11.3 Å². The van der Waals surface area contributed by atoms with Crippen LogP contribution in [0.3, 0.4) is 0 Å². The second-order valence-electron chi connectivity index (χ2n) is 8.42. The number of aliphatic hydroxyl groups is 1. The van der Waals surface area contributed by atoms with E-state index in [-0.39, 0.29) is 5.82 Å². The molecule has 27 heavy (non-hydrogen) atoms. The highest BCUT2D eigenvalue weighted by atomic mass is 32.1. The van der Waals surface area contributed by atoms with Gasteiger partial charge in [0.25, 0.3) is 0 Å². The third-order valence-corrected chi connectivity index (χ3v) is 5.31. The van der Waals surface area contributed by atoms with Gasteiger partial charge >= 0.3 is 13.6 Å². The predicted octanol–water partition coefficient (Wildman–Crippen LogP) is 4.20. The van der Waals surface area contributed by atoms with Crippen molar-refractivity contribution in [2.45, 2.75) is 65.3 Å². The molecule has 1 radical (unpaired) electrons. The largest absolute Gasteiger partial charge is 0.444 e. The second kappa shape index (κ2) is 7.41. The van der Waals surface area contributed by atoms with Gasteiger partial charge in [0.15, 0.2) is 0 Å². The van der Waals surface area contributed by atoms with Crippen molar-refractivity contribution in [3.63, 3.8) is 0 Å². The quantitative estimate of drug-likeness (QED) is 0.746. The van der Waals surface area contributed by atoms with Crippen LogP contribution in [0.5, 0.6) is 0 Å². The Balaban J connectivity index is 2.26. The van der Waals surface area contributed by atoms with Gasteiger partial charge in [-0.1, -0.05) is 6.07 Å². The van der Waals surface area contributed by atoms with Crippen LogP contribution in [0.15, 0.2) is 18.2 Å². The van der Waals surface area contributed by atoms with Crippen molar-refractivity contribution in [2.24, 2.45) is 0 Å². The molecule has 0 aliphatic rings. The summed E-state index contributed by atoms with van der Waals surface area (Å²) in [6.07, 6.45) is -0.598. The van der Waals surface area contributed by atoms with E-state index in [0.29, 0.717) is 20.6 Å². The van der Waals surface area contributed by atoms with E-state index in [2.05, 4.69) is 5.32 Å². The molecule has 1 amide bonds. The molecule has 1 aromatic heterocycles. The highest BCUT2D eigenvalue weighted by Crippen LogP contribution is 2.31. The lowest BCUT2D eigenvalue weighted by molar-refractivity contribution is -0.0893. The van der Waals surface area contributed by atoms with Crippen molar-refractivity contribution in [3.05, 3.63) is 24.0 Å². The average Bonchev–Trinajstić information content (AvgIpc) is 2.87. The lowest BCUT2D eigenvalue weighted by Gasteiger charge is -2.37. The Hall–Kier alpha value is -1.64. The molecule has 1 aromatic carbocycles. The molecule has 0 fully saturated rings. The maximum Gasteiger partial charge on any atom is 0.412 e. The minimum Gasteiger partial charge on any atom is -0.444 e. The van der Waals surface area contributed by atoms with Crippen LogP contribution in [-0.2, 0) is 9.39 Å². The third kappa shape index (κ3) is 5.43. The summed E-state index contributed by atoms with van der Waals surface area (Å²) >= 11 is 1.12. The minimum atomic E-state index is -1.07. The van der Waals surface area contributed by atoms with Crippen LogP contribution in [0.25, 0.3) is 10.1 Å². The number of nitrogens with one attached hydrogen (secondary N) is 1. The number of halogens is 1. The van der Waals surface area contributed by atoms with Crippen LogP contribution in [0.2, 0.25) is 0 Å². The van der Waals surface area contributed by atoms with E-state index < -0.39 is 22.9 Å². The summed E-state index contributed by atoms with van der Waals surface area (Å²) in [6, 6.07) is 4.63. The Bertz CT molecular complexity index is 837. The molecule has 0 aliphatic heterocycles. The molecule has 0 bridgehead atoms. The number of thiophene rings is 1. The fourth-order valence-electron chi connectivity index (χ4n) is 2.03. The molecule has 2 N–H and O–H groups in total. The Labute approximate surface area is 164 Å². The average molecular weight is 394 g/mol. The number of rotatable bonds is 5. The Morgan fingerprint density at radius 1 is 1.19 bits per heavy atom. The van der Waals surface area contributed by atoms with Crippen LogP contribution in [-0.4, -0.2) is 35.5 Å². The van der Waals surface area contributed by atoms with E-state index in [1.807, 2.05) is 0 Å². The van der Waals surface area contributed by atoms with E-state index in [1.54, 1.807) is 60.6 Å². The van der Waals surface area contributed by atoms with Crippen LogP contribution in [0, 0.1) is 5.82 Å². The highest BCUT2D eigenvalue weighted by Gasteiger charge is 2.36. The van der Waals surface area contributed by atoms with Gasteiger partial charge in [-0.15, -0.1) is 11.3 Å². The molecular formula is C19H26BFNO4S. The van der Waals surface area contributed by atoms with E-state index in [4.69, 9.17) is 9.39 Å². The fourth-order valence-corrected chi connectivity index (χ4v) is 3.02. The summed E-state index contributed by atoms with van der Waals surface area (Å²) in [5.41, 5.74) is -1.89. The normalized spacial score (nSPS) is 12.9. The van der Waals surface area contributed by atoms with Crippen LogP contribution in [0.4, 0.5) is 14.2 Å². The Morgan fingerprint density at radius 2 is 1.81 bits per heavy atom. The van der Waals surface area contributed by atoms with Gasteiger partial charge in [-0.2, -0.15) is 0 Å². The number of carbonyl (C=O) groups is 1. The first-order valence-corrected chi connectivity index (χ1v) is 9.47. The number of ether oxygens (including phenoxy) is 1. The SMILES string of the molecule is CC(C)(C)OC(=O)Nc1cc2c([B]OC(C)(C)C(C)(C)O)ccc(F)c2s1. The molecule has 0 atom stereocenters. The Kier molecular flexibility index (Phi) is 5.95. The zero-order valence-corrected chi connectivity index (χ0v) is 17.6. The van der Waals surface area contributed by atoms with E-state index in [1.165, 1.54) is 13.5 Å². The first-order chi connectivity index (χ1) is 12.2. The molecular weight excluding hydrogens is 368 g/mol. The predicted molar refractivity (Wildman–Crippen MR) is 108 cm³/mol. The summed E-state index contributed by atoms with van der Waals surface area (Å²) in [4.78, 5) is 12.0. The maximum atomic E-state index is 14.2. The molecule has 5 nitrogen and oxygen atoms in total. The standard InChI is InChI=1S/C19H26BFNO4S/c1-17(2,3)25-16(23)22-14-10-11-12(8-9-13(21)15(11)27-14)20-26-19(6,7)18(4,5)24/h8-10,24H,1-7H3,(H,22,23). The molecule has 0 saturated carbocycles. The first-order valence-electron chi connectivity index (χ1n) is 8.65. The van der Waals surface area contributed by atoms with Gasteiger partial charge in [0.1, 0.15) is 11.4 Å². The Morgan fingerprint density at radius 3 is 2.37 bits per heavy atom. The van der Waals surface area contributed by atoms with Crippen molar-refractivity contribution in [2.75, 3.05) is 5.32 Å². The summed E-state index contributed by atoms with van der Waals surface area (Å²) in [5, 5.41) is 13.9. The summed E-state index contributed by atoms with van der Waals surface area (Å²) in [5.74, 6) is -0.383. The zero-order valence-electron chi connectivity index (χ0n) is 16.8. The van der Waals surface area contributed by atoms with Gasteiger partial charge in [-0.05, 0) is 71.4 Å². The molecule has 8 heteroatoms. The van der Waals surface area contributed by atoms with Crippen molar-refractivity contribution >= 4 is 45.5 Å². The number of amides is 1. The minimum absolute atomic E-state index is 0.383. The van der Waals surface area contributed by atoms with Crippen LogP contribution < -0.4 is 10.8 Å². The van der Waals surface area contributed by atoms with Gasteiger partial charge in [0, 0.05) is 0 Å². The number of anilines is 1. The zero-order chi connectivity index (χ0) is 20.6. The molecule has 0 spiro atoms. The number of carbonyl (C=O) groups excluding carboxylic acids is 1. The van der Waals surface area contributed by atoms with Crippen molar-refractivity contribution in [3.8, 4) is 0 Å². The summed E-state index contributed by atoms with van der Waals surface area (Å²) in [6.45, 7) is 12.2.